The maximum atomic E-state index is 13.5. The number of aryl methyl sites for hydroxylation is 1. The van der Waals surface area contributed by atoms with Gasteiger partial charge in [0, 0.05) is 16.3 Å². The van der Waals surface area contributed by atoms with E-state index in [-0.39, 0.29) is 16.5 Å². The summed E-state index contributed by atoms with van der Waals surface area (Å²) < 4.78 is 6.38. The van der Waals surface area contributed by atoms with E-state index in [9.17, 15) is 14.7 Å². The summed E-state index contributed by atoms with van der Waals surface area (Å²) in [5, 5.41) is 20.6. The van der Waals surface area contributed by atoms with Crippen LogP contribution in [0, 0.1) is 6.92 Å². The van der Waals surface area contributed by atoms with Gasteiger partial charge in [0.05, 0.1) is 18.2 Å². The van der Waals surface area contributed by atoms with Crippen molar-refractivity contribution in [3.05, 3.63) is 106 Å². The minimum absolute atomic E-state index is 0.0408. The molecule has 2 heterocycles. The third-order valence-corrected chi connectivity index (χ3v) is 8.95. The van der Waals surface area contributed by atoms with Crippen LogP contribution in [0.3, 0.4) is 0 Å². The van der Waals surface area contributed by atoms with Crippen molar-refractivity contribution in [2.24, 2.45) is 0 Å². The average molecular weight is 606 g/mol. The summed E-state index contributed by atoms with van der Waals surface area (Å²) in [6.07, 6.45) is 1.95. The van der Waals surface area contributed by atoms with Gasteiger partial charge in [0.1, 0.15) is 11.5 Å². The molecule has 0 saturated carbocycles. The molecule has 1 atom stereocenters. The van der Waals surface area contributed by atoms with Crippen LogP contribution in [0.1, 0.15) is 48.1 Å². The van der Waals surface area contributed by atoms with Gasteiger partial charge in [-0.3, -0.25) is 14.5 Å². The zero-order valence-corrected chi connectivity index (χ0v) is 24.9. The minimum Gasteiger partial charge on any atom is -0.507 e. The first-order chi connectivity index (χ1) is 19.9. The fourth-order valence-corrected chi connectivity index (χ4v) is 6.43. The van der Waals surface area contributed by atoms with Crippen LogP contribution in [-0.4, -0.2) is 33.6 Å². The fraction of sp³-hybridized carbons (Fsp3) is 0.226. The monoisotopic (exact) mass is 605 g/mol. The molecule has 1 saturated heterocycles. The molecule has 10 heteroatoms. The third-order valence-electron chi connectivity index (χ3n) is 6.59. The number of Topliss-reactive ketones (excluding diaryl/α,β-unsaturated/α-hetero) is 1. The van der Waals surface area contributed by atoms with Crippen LogP contribution in [0.2, 0.25) is 5.02 Å². The number of anilines is 1. The number of unbranched alkanes of at least 4 members (excludes halogenated alkanes) is 1. The molecule has 1 aliphatic heterocycles. The van der Waals surface area contributed by atoms with Crippen LogP contribution in [0.4, 0.5) is 5.13 Å². The van der Waals surface area contributed by atoms with Crippen molar-refractivity contribution >= 4 is 57.3 Å². The Morgan fingerprint density at radius 1 is 1.07 bits per heavy atom. The van der Waals surface area contributed by atoms with E-state index < -0.39 is 17.7 Å². The first-order valence-corrected chi connectivity index (χ1v) is 15.3. The number of aliphatic hydroxyl groups excluding tert-OH is 1. The van der Waals surface area contributed by atoms with E-state index in [0.717, 1.165) is 18.4 Å². The Kier molecular flexibility index (Phi) is 9.07. The van der Waals surface area contributed by atoms with E-state index >= 15 is 0 Å². The molecule has 5 rings (SSSR count). The van der Waals surface area contributed by atoms with E-state index in [0.29, 0.717) is 38.6 Å². The van der Waals surface area contributed by atoms with Crippen molar-refractivity contribution in [1.82, 2.24) is 10.2 Å². The highest BCUT2D eigenvalue weighted by Crippen LogP contribution is 2.44. The summed E-state index contributed by atoms with van der Waals surface area (Å²) in [7, 11) is 0. The van der Waals surface area contributed by atoms with E-state index in [2.05, 4.69) is 41.4 Å². The lowest BCUT2D eigenvalue weighted by Gasteiger charge is -2.22. The Balaban J connectivity index is 1.48. The van der Waals surface area contributed by atoms with Gasteiger partial charge in [-0.2, -0.15) is 0 Å². The van der Waals surface area contributed by atoms with Gasteiger partial charge in [0.25, 0.3) is 5.78 Å². The molecule has 3 aromatic carbocycles. The molecule has 0 radical (unpaired) electrons. The van der Waals surface area contributed by atoms with E-state index in [1.54, 1.807) is 48.5 Å². The minimum atomic E-state index is -0.933. The van der Waals surface area contributed by atoms with Gasteiger partial charge >= 0.3 is 5.91 Å². The number of amides is 1. The Labute approximate surface area is 251 Å². The lowest BCUT2D eigenvalue weighted by molar-refractivity contribution is -0.132. The van der Waals surface area contributed by atoms with Gasteiger partial charge in [0.2, 0.25) is 5.13 Å². The van der Waals surface area contributed by atoms with Crippen LogP contribution in [0.25, 0.3) is 5.76 Å². The number of carbonyl (C=O) groups is 2. The normalized spacial score (nSPS) is 16.4. The number of nitrogens with zero attached hydrogens (tertiary/aromatic N) is 3. The first kappa shape index (κ1) is 28.9. The SMILES string of the molecule is CCCCOc1ccc(C(O)=C2C(=O)C(=O)N(c3nnc(SCc4ccc(C)cc4)s3)C2c2cccc(Cl)c2)cc1. The van der Waals surface area contributed by atoms with Gasteiger partial charge in [-0.25, -0.2) is 0 Å². The van der Waals surface area contributed by atoms with Crippen molar-refractivity contribution in [3.63, 3.8) is 0 Å². The molecule has 1 amide bonds. The second kappa shape index (κ2) is 12.9. The molecule has 41 heavy (non-hydrogen) atoms. The van der Waals surface area contributed by atoms with Crippen molar-refractivity contribution in [1.29, 1.82) is 0 Å². The molecule has 1 aromatic heterocycles. The molecular formula is C31H28ClN3O4S2. The van der Waals surface area contributed by atoms with E-state index in [4.69, 9.17) is 16.3 Å². The molecular weight excluding hydrogens is 578 g/mol. The quantitative estimate of drug-likeness (QED) is 0.0497. The van der Waals surface area contributed by atoms with E-state index in [1.165, 1.54) is 33.6 Å². The lowest BCUT2D eigenvalue weighted by atomic mass is 9.95. The molecule has 0 spiro atoms. The van der Waals surface area contributed by atoms with Crippen LogP contribution in [-0.2, 0) is 15.3 Å². The van der Waals surface area contributed by atoms with Crippen molar-refractivity contribution in [2.75, 3.05) is 11.5 Å². The number of ketones is 1. The number of halogens is 1. The van der Waals surface area contributed by atoms with Crippen LogP contribution in [0.5, 0.6) is 5.75 Å². The average Bonchev–Trinajstić information content (AvgIpc) is 3.55. The van der Waals surface area contributed by atoms with E-state index in [1.807, 2.05) is 6.92 Å². The zero-order valence-electron chi connectivity index (χ0n) is 22.5. The van der Waals surface area contributed by atoms with Crippen molar-refractivity contribution in [3.8, 4) is 5.75 Å². The maximum absolute atomic E-state index is 13.5. The lowest BCUT2D eigenvalue weighted by Crippen LogP contribution is -2.29. The highest BCUT2D eigenvalue weighted by molar-refractivity contribution is 8.00. The molecule has 4 aromatic rings. The van der Waals surface area contributed by atoms with Crippen molar-refractivity contribution < 1.29 is 19.4 Å². The summed E-state index contributed by atoms with van der Waals surface area (Å²) in [6, 6.07) is 21.0. The van der Waals surface area contributed by atoms with Crippen molar-refractivity contribution in [2.45, 2.75) is 42.8 Å². The Morgan fingerprint density at radius 2 is 1.83 bits per heavy atom. The number of thioether (sulfide) groups is 1. The van der Waals surface area contributed by atoms with Gasteiger partial charge in [0.15, 0.2) is 4.34 Å². The second-order valence-corrected chi connectivity index (χ2v) is 12.2. The third kappa shape index (κ3) is 6.48. The number of ether oxygens (including phenoxy) is 1. The topological polar surface area (TPSA) is 92.6 Å². The number of aromatic nitrogens is 2. The standard InChI is InChI=1S/C31H28ClN3O4S2/c1-3-4-16-39-24-14-12-21(13-15-24)27(36)25-26(22-6-5-7-23(32)17-22)35(29(38)28(25)37)30-33-34-31(41-30)40-18-20-10-8-19(2)9-11-20/h5-15,17,26,36H,3-4,16,18H2,1-2H3. The predicted octanol–water partition coefficient (Wildman–Crippen LogP) is 7.60. The number of hydrogen-bond acceptors (Lipinski definition) is 8. The number of rotatable bonds is 10. The Hall–Kier alpha value is -3.66. The zero-order chi connectivity index (χ0) is 28.9. The predicted molar refractivity (Wildman–Crippen MR) is 164 cm³/mol. The molecule has 1 unspecified atom stereocenters. The summed E-state index contributed by atoms with van der Waals surface area (Å²) in [5.74, 6) is -0.535. The summed E-state index contributed by atoms with van der Waals surface area (Å²) in [5.41, 5.74) is 3.25. The number of hydrogen-bond donors (Lipinski definition) is 1. The summed E-state index contributed by atoms with van der Waals surface area (Å²) in [6.45, 7) is 4.72. The van der Waals surface area contributed by atoms with Gasteiger partial charge < -0.3 is 9.84 Å². The second-order valence-electron chi connectivity index (χ2n) is 9.58. The highest BCUT2D eigenvalue weighted by Gasteiger charge is 2.48. The smallest absolute Gasteiger partial charge is 0.301 e. The molecule has 1 fully saturated rings. The van der Waals surface area contributed by atoms with Crippen LogP contribution in [0.15, 0.2) is 82.7 Å². The molecule has 210 valence electrons. The molecule has 1 aliphatic rings. The number of carbonyl (C=O) groups excluding carboxylic acids is 2. The highest BCUT2D eigenvalue weighted by atomic mass is 35.5. The van der Waals surface area contributed by atoms with Crippen LogP contribution < -0.4 is 9.64 Å². The van der Waals surface area contributed by atoms with Gasteiger partial charge in [-0.1, -0.05) is 90.0 Å². The number of benzene rings is 3. The largest absolute Gasteiger partial charge is 0.507 e. The summed E-state index contributed by atoms with van der Waals surface area (Å²) in [4.78, 5) is 28.2. The Bertz CT molecular complexity index is 1590. The number of aliphatic hydroxyl groups is 1. The molecule has 0 bridgehead atoms. The van der Waals surface area contributed by atoms with Gasteiger partial charge in [-0.15, -0.1) is 10.2 Å². The Morgan fingerprint density at radius 3 is 2.54 bits per heavy atom. The molecule has 1 N–H and O–H groups in total. The van der Waals surface area contributed by atoms with Crippen LogP contribution >= 0.6 is 34.7 Å². The molecule has 0 aliphatic carbocycles. The van der Waals surface area contributed by atoms with Gasteiger partial charge in [-0.05, 0) is 60.9 Å². The summed E-state index contributed by atoms with van der Waals surface area (Å²) >= 11 is 9.03. The maximum Gasteiger partial charge on any atom is 0.301 e. The fourth-order valence-electron chi connectivity index (χ4n) is 4.41. The molecule has 7 nitrogen and oxygen atoms in total. The first-order valence-electron chi connectivity index (χ1n) is 13.2.